The highest BCUT2D eigenvalue weighted by Gasteiger charge is 2.55. The summed E-state index contributed by atoms with van der Waals surface area (Å²) in [5, 5.41) is 13.0. The molecule has 0 radical (unpaired) electrons. The van der Waals surface area contributed by atoms with Gasteiger partial charge >= 0.3 is 5.97 Å². The average Bonchev–Trinajstić information content (AvgIpc) is 3.09. The van der Waals surface area contributed by atoms with Gasteiger partial charge in [-0.15, -0.1) is 12.4 Å². The molecule has 3 aliphatic rings. The predicted molar refractivity (Wildman–Crippen MR) is 99.8 cm³/mol. The van der Waals surface area contributed by atoms with E-state index < -0.39 is 11.4 Å². The normalized spacial score (nSPS) is 39.3. The van der Waals surface area contributed by atoms with Crippen molar-refractivity contribution in [2.75, 3.05) is 13.1 Å². The zero-order valence-corrected chi connectivity index (χ0v) is 16.5. The van der Waals surface area contributed by atoms with Crippen molar-refractivity contribution in [2.45, 2.75) is 71.4 Å². The first-order valence-electron chi connectivity index (χ1n) is 9.63. The van der Waals surface area contributed by atoms with E-state index in [1.165, 1.54) is 12.8 Å². The minimum atomic E-state index is -0.671. The van der Waals surface area contributed by atoms with Crippen LogP contribution in [-0.4, -0.2) is 47.1 Å². The third-order valence-electron chi connectivity index (χ3n) is 7.28. The summed E-state index contributed by atoms with van der Waals surface area (Å²) in [6, 6.07) is 0.0236. The maximum atomic E-state index is 12.7. The molecule has 0 aromatic carbocycles. The zero-order chi connectivity index (χ0) is 17.5. The Hall–Kier alpha value is -0.810. The Labute approximate surface area is 157 Å². The van der Waals surface area contributed by atoms with Gasteiger partial charge in [0, 0.05) is 19.1 Å². The van der Waals surface area contributed by atoms with Gasteiger partial charge < -0.3 is 10.4 Å². The van der Waals surface area contributed by atoms with Gasteiger partial charge in [-0.05, 0) is 43.9 Å². The number of fused-ring (bicyclic) bond motifs is 1. The molecule has 3 rings (SSSR count). The minimum absolute atomic E-state index is 0. The van der Waals surface area contributed by atoms with Crippen LogP contribution < -0.4 is 5.32 Å². The lowest BCUT2D eigenvalue weighted by molar-refractivity contribution is -0.149. The van der Waals surface area contributed by atoms with E-state index in [-0.39, 0.29) is 36.3 Å². The summed E-state index contributed by atoms with van der Waals surface area (Å²) in [6.07, 6.45) is 6.23. The predicted octanol–water partition coefficient (Wildman–Crippen LogP) is 2.92. The maximum absolute atomic E-state index is 12.7. The molecule has 2 aliphatic carbocycles. The van der Waals surface area contributed by atoms with Crippen LogP contribution in [0.5, 0.6) is 0 Å². The van der Waals surface area contributed by atoms with Crippen molar-refractivity contribution in [1.29, 1.82) is 0 Å². The lowest BCUT2D eigenvalue weighted by atomic mass is 9.78. The maximum Gasteiger partial charge on any atom is 0.311 e. The highest BCUT2D eigenvalue weighted by Crippen LogP contribution is 2.49. The fourth-order valence-corrected chi connectivity index (χ4v) is 5.23. The molecule has 1 aliphatic heterocycles. The largest absolute Gasteiger partial charge is 0.481 e. The Morgan fingerprint density at radius 1 is 1.20 bits per heavy atom. The van der Waals surface area contributed by atoms with E-state index in [1.807, 2.05) is 6.92 Å². The summed E-state index contributed by atoms with van der Waals surface area (Å²) < 4.78 is 0. The number of carbonyl (C=O) groups excluding carboxylic acids is 1. The van der Waals surface area contributed by atoms with E-state index >= 15 is 0 Å². The molecule has 1 amide bonds. The SMILES string of the molecule is CC1CCCC(NC(=O)C(C)N2C[C@@H]3CCC[C@@]3(C(=O)O)C2)C1C.Cl. The number of amides is 1. The van der Waals surface area contributed by atoms with Crippen molar-refractivity contribution in [2.24, 2.45) is 23.2 Å². The molecule has 6 atom stereocenters. The van der Waals surface area contributed by atoms with Gasteiger partial charge in [0.1, 0.15) is 0 Å². The summed E-state index contributed by atoms with van der Waals surface area (Å²) in [5.74, 6) is 0.772. The second-order valence-electron chi connectivity index (χ2n) is 8.54. The Kier molecular flexibility index (Phi) is 6.42. The van der Waals surface area contributed by atoms with E-state index in [2.05, 4.69) is 24.1 Å². The van der Waals surface area contributed by atoms with Gasteiger partial charge in [-0.3, -0.25) is 14.5 Å². The molecule has 0 bridgehead atoms. The molecule has 1 saturated heterocycles. The number of aliphatic carboxylic acids is 1. The van der Waals surface area contributed by atoms with Gasteiger partial charge in [0.05, 0.1) is 11.5 Å². The molecule has 0 aromatic rings. The second kappa shape index (κ2) is 7.83. The molecule has 5 nitrogen and oxygen atoms in total. The summed E-state index contributed by atoms with van der Waals surface area (Å²) >= 11 is 0. The van der Waals surface area contributed by atoms with E-state index in [1.54, 1.807) is 0 Å². The van der Waals surface area contributed by atoms with Gasteiger partial charge in [0.2, 0.25) is 5.91 Å². The van der Waals surface area contributed by atoms with Crippen LogP contribution in [0.4, 0.5) is 0 Å². The van der Waals surface area contributed by atoms with Crippen LogP contribution in [-0.2, 0) is 9.59 Å². The Bertz CT molecular complexity index is 515. The molecule has 2 saturated carbocycles. The molecule has 1 heterocycles. The van der Waals surface area contributed by atoms with Gasteiger partial charge in [0.15, 0.2) is 0 Å². The lowest BCUT2D eigenvalue weighted by Crippen LogP contribution is -2.51. The summed E-state index contributed by atoms with van der Waals surface area (Å²) in [5.41, 5.74) is -0.610. The second-order valence-corrected chi connectivity index (χ2v) is 8.54. The Morgan fingerprint density at radius 2 is 1.92 bits per heavy atom. The number of carbonyl (C=O) groups is 2. The van der Waals surface area contributed by atoms with Crippen molar-refractivity contribution in [3.8, 4) is 0 Å². The van der Waals surface area contributed by atoms with Gasteiger partial charge in [0.25, 0.3) is 0 Å². The molecule has 0 aromatic heterocycles. The molecule has 6 heteroatoms. The summed E-state index contributed by atoms with van der Waals surface area (Å²) in [6.45, 7) is 7.71. The van der Waals surface area contributed by atoms with Crippen LogP contribution in [0.3, 0.4) is 0 Å². The number of hydrogen-bond donors (Lipinski definition) is 2. The number of halogens is 1. The Morgan fingerprint density at radius 3 is 2.56 bits per heavy atom. The lowest BCUT2D eigenvalue weighted by Gasteiger charge is -2.36. The van der Waals surface area contributed by atoms with Crippen LogP contribution in [0.1, 0.15) is 59.3 Å². The van der Waals surface area contributed by atoms with E-state index in [9.17, 15) is 14.7 Å². The fraction of sp³-hybridized carbons (Fsp3) is 0.895. The number of likely N-dealkylation sites (tertiary alicyclic amines) is 1. The summed E-state index contributed by atoms with van der Waals surface area (Å²) in [4.78, 5) is 26.7. The molecule has 144 valence electrons. The molecule has 25 heavy (non-hydrogen) atoms. The van der Waals surface area contributed by atoms with Crippen LogP contribution in [0.15, 0.2) is 0 Å². The standard InChI is InChI=1S/C19H32N2O3.ClH/c1-12-6-4-8-16(13(12)2)20-17(22)14(3)21-10-15-7-5-9-19(15,11-21)18(23)24;/h12-16H,4-11H2,1-3H3,(H,20,22)(H,23,24);1H/t12?,13?,14?,15-,16?,19+;/m0./s1. The highest BCUT2D eigenvalue weighted by atomic mass is 35.5. The van der Waals surface area contributed by atoms with Crippen molar-refractivity contribution in [1.82, 2.24) is 10.2 Å². The van der Waals surface area contributed by atoms with E-state index in [0.717, 1.165) is 32.2 Å². The number of carboxylic acids is 1. The minimum Gasteiger partial charge on any atom is -0.481 e. The average molecular weight is 373 g/mol. The number of carboxylic acid groups (broad SMARTS) is 1. The molecule has 2 N–H and O–H groups in total. The molecule has 3 fully saturated rings. The van der Waals surface area contributed by atoms with E-state index in [0.29, 0.717) is 18.4 Å². The first-order chi connectivity index (χ1) is 11.3. The van der Waals surface area contributed by atoms with Crippen molar-refractivity contribution in [3.63, 3.8) is 0 Å². The van der Waals surface area contributed by atoms with Gasteiger partial charge in [-0.2, -0.15) is 0 Å². The van der Waals surface area contributed by atoms with Crippen LogP contribution in [0.2, 0.25) is 0 Å². The Balaban J connectivity index is 0.00000225. The molecule has 0 spiro atoms. The van der Waals surface area contributed by atoms with Crippen LogP contribution >= 0.6 is 12.4 Å². The third-order valence-corrected chi connectivity index (χ3v) is 7.28. The van der Waals surface area contributed by atoms with E-state index in [4.69, 9.17) is 0 Å². The number of nitrogens with one attached hydrogen (secondary N) is 1. The van der Waals surface area contributed by atoms with Crippen LogP contribution in [0.25, 0.3) is 0 Å². The third kappa shape index (κ3) is 3.68. The zero-order valence-electron chi connectivity index (χ0n) is 15.7. The highest BCUT2D eigenvalue weighted by molar-refractivity contribution is 5.85. The first-order valence-corrected chi connectivity index (χ1v) is 9.63. The first kappa shape index (κ1) is 20.5. The number of nitrogens with zero attached hydrogens (tertiary/aromatic N) is 1. The number of hydrogen-bond acceptors (Lipinski definition) is 3. The van der Waals surface area contributed by atoms with Crippen molar-refractivity contribution >= 4 is 24.3 Å². The quantitative estimate of drug-likeness (QED) is 0.796. The van der Waals surface area contributed by atoms with Crippen molar-refractivity contribution < 1.29 is 14.7 Å². The fourth-order valence-electron chi connectivity index (χ4n) is 5.23. The van der Waals surface area contributed by atoms with Gasteiger partial charge in [-0.25, -0.2) is 0 Å². The van der Waals surface area contributed by atoms with Crippen LogP contribution in [0, 0.1) is 23.2 Å². The number of rotatable bonds is 4. The molecular weight excluding hydrogens is 340 g/mol. The topological polar surface area (TPSA) is 69.6 Å². The molecule has 4 unspecified atom stereocenters. The molecular formula is C19H33ClN2O3. The van der Waals surface area contributed by atoms with Gasteiger partial charge in [-0.1, -0.05) is 33.1 Å². The monoisotopic (exact) mass is 372 g/mol. The smallest absolute Gasteiger partial charge is 0.311 e. The summed E-state index contributed by atoms with van der Waals surface area (Å²) in [7, 11) is 0. The van der Waals surface area contributed by atoms with Crippen molar-refractivity contribution in [3.05, 3.63) is 0 Å².